The van der Waals surface area contributed by atoms with Crippen molar-refractivity contribution in [2.24, 2.45) is 0 Å². The van der Waals surface area contributed by atoms with E-state index in [0.717, 1.165) is 11.3 Å². The van der Waals surface area contributed by atoms with E-state index in [1.54, 1.807) is 0 Å². The summed E-state index contributed by atoms with van der Waals surface area (Å²) in [6, 6.07) is 48.1. The van der Waals surface area contributed by atoms with Crippen LogP contribution in [0.4, 0.5) is 0 Å². The minimum Gasteiger partial charge on any atom is -0.256 e. The van der Waals surface area contributed by atoms with Gasteiger partial charge in [-0.3, -0.25) is 4.98 Å². The zero-order valence-electron chi connectivity index (χ0n) is 22.2. The lowest BCUT2D eigenvalue weighted by Crippen LogP contribution is -2.16. The molecule has 1 aromatic heterocycles. The second-order valence-electron chi connectivity index (χ2n) is 10.9. The van der Waals surface area contributed by atoms with Crippen LogP contribution in [0.15, 0.2) is 140 Å². The van der Waals surface area contributed by atoms with Crippen molar-refractivity contribution in [2.45, 2.75) is 19.3 Å². The van der Waals surface area contributed by atoms with Crippen LogP contribution < -0.4 is 0 Å². The Kier molecular flexibility index (Phi) is 5.52. The van der Waals surface area contributed by atoms with Crippen molar-refractivity contribution in [3.8, 4) is 55.8 Å². The molecule has 0 amide bonds. The molecule has 7 rings (SSSR count). The summed E-state index contributed by atoms with van der Waals surface area (Å²) in [4.78, 5) is 4.54. The first-order valence-corrected chi connectivity index (χ1v) is 13.6. The fourth-order valence-corrected chi connectivity index (χ4v) is 6.22. The predicted octanol–water partition coefficient (Wildman–Crippen LogP) is 10.1. The second-order valence-corrected chi connectivity index (χ2v) is 10.9. The van der Waals surface area contributed by atoms with Gasteiger partial charge in [0.1, 0.15) is 0 Å². The van der Waals surface area contributed by atoms with Gasteiger partial charge in [0.25, 0.3) is 0 Å². The number of nitrogens with zero attached hydrogens (tertiary/aromatic N) is 1. The first-order valence-electron chi connectivity index (χ1n) is 13.6. The Balaban J connectivity index is 1.29. The van der Waals surface area contributed by atoms with Gasteiger partial charge in [-0.1, -0.05) is 117 Å². The van der Waals surface area contributed by atoms with Crippen LogP contribution in [0.1, 0.15) is 25.0 Å². The fourth-order valence-electron chi connectivity index (χ4n) is 6.22. The second kappa shape index (κ2) is 9.22. The fraction of sp³-hybridized carbons (Fsp3) is 0.0789. The van der Waals surface area contributed by atoms with Crippen LogP contribution in [0.2, 0.25) is 0 Å². The lowest BCUT2D eigenvalue weighted by molar-refractivity contribution is 0.662. The van der Waals surface area contributed by atoms with Crippen LogP contribution in [0, 0.1) is 0 Å². The quantitative estimate of drug-likeness (QED) is 0.235. The summed E-state index contributed by atoms with van der Waals surface area (Å²) >= 11 is 0. The van der Waals surface area contributed by atoms with E-state index in [2.05, 4.69) is 140 Å². The number of aromatic nitrogens is 1. The minimum absolute atomic E-state index is 0.0446. The van der Waals surface area contributed by atoms with Crippen molar-refractivity contribution in [3.05, 3.63) is 151 Å². The summed E-state index contributed by atoms with van der Waals surface area (Å²) in [7, 11) is 0. The summed E-state index contributed by atoms with van der Waals surface area (Å²) in [6.07, 6.45) is 1.84. The van der Waals surface area contributed by atoms with Crippen LogP contribution in [0.5, 0.6) is 0 Å². The van der Waals surface area contributed by atoms with E-state index in [9.17, 15) is 0 Å². The molecule has 0 spiro atoms. The topological polar surface area (TPSA) is 12.9 Å². The predicted molar refractivity (Wildman–Crippen MR) is 164 cm³/mol. The SMILES string of the molecule is CC1(C)c2ccccc2-c2cccc(-c3cccc(-c4cccc(-c5cccc(-c6ccccn6)c5)c4)c3)c21. The highest BCUT2D eigenvalue weighted by molar-refractivity contribution is 5.89. The zero-order valence-corrected chi connectivity index (χ0v) is 22.2. The molecule has 0 N–H and O–H groups in total. The molecule has 6 aromatic rings. The smallest absolute Gasteiger partial charge is 0.0702 e. The van der Waals surface area contributed by atoms with Gasteiger partial charge in [-0.25, -0.2) is 0 Å². The normalized spacial score (nSPS) is 13.1. The Morgan fingerprint density at radius 3 is 1.64 bits per heavy atom. The molecule has 186 valence electrons. The van der Waals surface area contributed by atoms with E-state index in [1.165, 1.54) is 55.6 Å². The molecule has 0 unspecified atom stereocenters. The van der Waals surface area contributed by atoms with E-state index in [4.69, 9.17) is 0 Å². The van der Waals surface area contributed by atoms with Crippen molar-refractivity contribution in [1.29, 1.82) is 0 Å². The molecule has 0 aliphatic heterocycles. The first-order chi connectivity index (χ1) is 19.1. The first kappa shape index (κ1) is 23.4. The average Bonchev–Trinajstić information content (AvgIpc) is 3.24. The molecule has 1 heterocycles. The molecule has 0 bridgehead atoms. The highest BCUT2D eigenvalue weighted by Gasteiger charge is 2.37. The summed E-state index contributed by atoms with van der Waals surface area (Å²) in [6.45, 7) is 4.71. The van der Waals surface area contributed by atoms with E-state index in [1.807, 2.05) is 18.3 Å². The maximum atomic E-state index is 4.54. The van der Waals surface area contributed by atoms with Crippen LogP contribution in [0.3, 0.4) is 0 Å². The Labute approximate surface area is 230 Å². The van der Waals surface area contributed by atoms with Gasteiger partial charge in [-0.15, -0.1) is 0 Å². The van der Waals surface area contributed by atoms with Crippen LogP contribution in [-0.4, -0.2) is 4.98 Å². The van der Waals surface area contributed by atoms with E-state index < -0.39 is 0 Å². The molecule has 1 aliphatic rings. The molecule has 1 aliphatic carbocycles. The third-order valence-corrected chi connectivity index (χ3v) is 8.11. The Morgan fingerprint density at radius 2 is 0.949 bits per heavy atom. The highest BCUT2D eigenvalue weighted by atomic mass is 14.7. The van der Waals surface area contributed by atoms with E-state index in [-0.39, 0.29) is 5.41 Å². The molecular formula is C38H29N. The number of hydrogen-bond donors (Lipinski definition) is 0. The van der Waals surface area contributed by atoms with Gasteiger partial charge in [0.15, 0.2) is 0 Å². The van der Waals surface area contributed by atoms with E-state index in [0.29, 0.717) is 0 Å². The molecule has 1 nitrogen and oxygen atoms in total. The third-order valence-electron chi connectivity index (χ3n) is 8.11. The largest absolute Gasteiger partial charge is 0.256 e. The maximum Gasteiger partial charge on any atom is 0.0702 e. The van der Waals surface area contributed by atoms with Gasteiger partial charge in [-0.05, 0) is 86.0 Å². The molecule has 0 fully saturated rings. The molecule has 0 saturated heterocycles. The van der Waals surface area contributed by atoms with Gasteiger partial charge in [0, 0.05) is 17.2 Å². The van der Waals surface area contributed by atoms with Crippen LogP contribution in [-0.2, 0) is 5.41 Å². The van der Waals surface area contributed by atoms with Gasteiger partial charge in [0.2, 0.25) is 0 Å². The lowest BCUT2D eigenvalue weighted by Gasteiger charge is -2.24. The van der Waals surface area contributed by atoms with Gasteiger partial charge < -0.3 is 0 Å². The summed E-state index contributed by atoms with van der Waals surface area (Å²) < 4.78 is 0. The summed E-state index contributed by atoms with van der Waals surface area (Å²) in [5.41, 5.74) is 15.0. The van der Waals surface area contributed by atoms with Crippen LogP contribution in [0.25, 0.3) is 55.8 Å². The van der Waals surface area contributed by atoms with Crippen LogP contribution >= 0.6 is 0 Å². The summed E-state index contributed by atoms with van der Waals surface area (Å²) in [5.74, 6) is 0. The highest BCUT2D eigenvalue weighted by Crippen LogP contribution is 2.52. The van der Waals surface area contributed by atoms with Gasteiger partial charge >= 0.3 is 0 Å². The summed E-state index contributed by atoms with van der Waals surface area (Å²) in [5, 5.41) is 0. The number of fused-ring (bicyclic) bond motifs is 3. The zero-order chi connectivity index (χ0) is 26.4. The number of pyridine rings is 1. The number of rotatable bonds is 4. The third kappa shape index (κ3) is 3.99. The minimum atomic E-state index is -0.0446. The van der Waals surface area contributed by atoms with Gasteiger partial charge in [0.05, 0.1) is 5.69 Å². The molecule has 39 heavy (non-hydrogen) atoms. The maximum absolute atomic E-state index is 4.54. The number of hydrogen-bond acceptors (Lipinski definition) is 1. The van der Waals surface area contributed by atoms with Crippen molar-refractivity contribution < 1.29 is 0 Å². The molecule has 0 saturated carbocycles. The Bertz CT molecular complexity index is 1830. The van der Waals surface area contributed by atoms with Crippen molar-refractivity contribution in [3.63, 3.8) is 0 Å². The lowest BCUT2D eigenvalue weighted by atomic mass is 9.78. The standard InChI is InChI=1S/C38H29N/c1-38(2)35-20-4-3-17-33(35)34-19-10-18-32(37(34)38)30-15-8-13-28(24-30)26-11-7-12-27(23-26)29-14-9-16-31(25-29)36-21-5-6-22-39-36/h3-25H,1-2H3. The monoisotopic (exact) mass is 499 g/mol. The van der Waals surface area contributed by atoms with Gasteiger partial charge in [-0.2, -0.15) is 0 Å². The number of benzene rings is 5. The molecule has 0 atom stereocenters. The molecule has 0 radical (unpaired) electrons. The van der Waals surface area contributed by atoms with Crippen molar-refractivity contribution >= 4 is 0 Å². The van der Waals surface area contributed by atoms with E-state index >= 15 is 0 Å². The molecule has 1 heteroatoms. The molecule has 5 aromatic carbocycles. The average molecular weight is 500 g/mol. The van der Waals surface area contributed by atoms with Crippen molar-refractivity contribution in [1.82, 2.24) is 4.98 Å². The molecular weight excluding hydrogens is 470 g/mol. The Hall–Kier alpha value is -4.75. The van der Waals surface area contributed by atoms with Crippen molar-refractivity contribution in [2.75, 3.05) is 0 Å². The Morgan fingerprint density at radius 1 is 0.436 bits per heavy atom.